The van der Waals surface area contributed by atoms with Crippen LogP contribution in [-0.2, 0) is 6.54 Å². The van der Waals surface area contributed by atoms with Crippen LogP contribution in [0.1, 0.15) is 41.6 Å². The minimum Gasteiger partial charge on any atom is -0.496 e. The molecule has 2 aliphatic rings. The van der Waals surface area contributed by atoms with Gasteiger partial charge in [0, 0.05) is 19.6 Å². The molecule has 0 radical (unpaired) electrons. The molecule has 0 aromatic heterocycles. The monoisotopic (exact) mass is 289 g/mol. The van der Waals surface area contributed by atoms with Crippen LogP contribution in [0.5, 0.6) is 5.75 Å². The second-order valence-electron chi connectivity index (χ2n) is 6.42. The number of methoxy groups -OCH3 is 1. The number of ether oxygens (including phenoxy) is 1. The Kier molecular flexibility index (Phi) is 4.15. The van der Waals surface area contributed by atoms with E-state index in [9.17, 15) is 4.79 Å². The summed E-state index contributed by atoms with van der Waals surface area (Å²) in [6.45, 7) is 3.25. The van der Waals surface area contributed by atoms with E-state index >= 15 is 0 Å². The third-order valence-corrected chi connectivity index (χ3v) is 4.33. The van der Waals surface area contributed by atoms with Crippen molar-refractivity contribution in [2.24, 2.45) is 11.8 Å². The van der Waals surface area contributed by atoms with Crippen molar-refractivity contribution in [2.45, 2.75) is 32.2 Å². The highest BCUT2D eigenvalue weighted by Gasteiger charge is 2.29. The van der Waals surface area contributed by atoms with Crippen LogP contribution in [-0.4, -0.2) is 36.2 Å². The van der Waals surface area contributed by atoms with Crippen LogP contribution in [0.2, 0.25) is 0 Å². The second-order valence-corrected chi connectivity index (χ2v) is 6.42. The van der Waals surface area contributed by atoms with Gasteiger partial charge in [0.1, 0.15) is 11.3 Å². The molecule has 0 spiro atoms. The first kappa shape index (κ1) is 14.4. The van der Waals surface area contributed by atoms with E-state index in [0.29, 0.717) is 5.75 Å². The fourth-order valence-electron chi connectivity index (χ4n) is 2.80. The number of rotatable bonds is 8. The molecular weight excluding hydrogens is 266 g/mol. The molecule has 2 aliphatic carbocycles. The van der Waals surface area contributed by atoms with Gasteiger partial charge in [0.2, 0.25) is 0 Å². The molecule has 1 aromatic carbocycles. The summed E-state index contributed by atoms with van der Waals surface area (Å²) in [5.74, 6) is 1.27. The Morgan fingerprint density at radius 2 is 1.86 bits per heavy atom. The molecule has 0 heterocycles. The van der Waals surface area contributed by atoms with Crippen LogP contribution >= 0.6 is 0 Å². The largest absolute Gasteiger partial charge is 0.496 e. The summed E-state index contributed by atoms with van der Waals surface area (Å²) in [4.78, 5) is 13.7. The molecule has 2 fully saturated rings. The molecule has 4 heteroatoms. The van der Waals surface area contributed by atoms with E-state index in [-0.39, 0.29) is 5.56 Å². The molecule has 4 nitrogen and oxygen atoms in total. The predicted octanol–water partition coefficient (Wildman–Crippen LogP) is 3.02. The fourth-order valence-corrected chi connectivity index (χ4v) is 2.80. The molecule has 0 amide bonds. The van der Waals surface area contributed by atoms with Gasteiger partial charge in [0.25, 0.3) is 0 Å². The molecule has 0 aliphatic heterocycles. The number of nitrogens with zero attached hydrogens (tertiary/aromatic N) is 1. The Morgan fingerprint density at radius 1 is 1.24 bits per heavy atom. The molecule has 0 bridgehead atoms. The lowest BCUT2D eigenvalue weighted by atomic mass is 10.1. The van der Waals surface area contributed by atoms with E-state index in [4.69, 9.17) is 9.84 Å². The lowest BCUT2D eigenvalue weighted by molar-refractivity contribution is 0.0693. The molecule has 2 saturated carbocycles. The van der Waals surface area contributed by atoms with Gasteiger partial charge in [-0.2, -0.15) is 0 Å². The van der Waals surface area contributed by atoms with Gasteiger partial charge in [-0.25, -0.2) is 4.79 Å². The summed E-state index contributed by atoms with van der Waals surface area (Å²) in [5.41, 5.74) is 1.37. The highest BCUT2D eigenvalue weighted by Crippen LogP contribution is 2.34. The van der Waals surface area contributed by atoms with Crippen molar-refractivity contribution in [1.29, 1.82) is 0 Å². The lowest BCUT2D eigenvalue weighted by Crippen LogP contribution is -2.27. The highest BCUT2D eigenvalue weighted by atomic mass is 16.5. The minimum atomic E-state index is -0.939. The summed E-state index contributed by atoms with van der Waals surface area (Å²) in [6, 6.07) is 5.44. The third kappa shape index (κ3) is 3.97. The number of carboxylic acid groups (broad SMARTS) is 1. The van der Waals surface area contributed by atoms with Crippen molar-refractivity contribution in [3.05, 3.63) is 29.3 Å². The molecule has 1 N–H and O–H groups in total. The quantitative estimate of drug-likeness (QED) is 0.799. The van der Waals surface area contributed by atoms with E-state index in [1.807, 2.05) is 12.1 Å². The Morgan fingerprint density at radius 3 is 2.33 bits per heavy atom. The van der Waals surface area contributed by atoms with Crippen molar-refractivity contribution in [3.8, 4) is 5.75 Å². The summed E-state index contributed by atoms with van der Waals surface area (Å²) in [6.07, 6.45) is 5.45. The lowest BCUT2D eigenvalue weighted by Gasteiger charge is -2.22. The van der Waals surface area contributed by atoms with E-state index in [1.165, 1.54) is 45.9 Å². The maximum Gasteiger partial charge on any atom is 0.339 e. The predicted molar refractivity (Wildman–Crippen MR) is 80.7 cm³/mol. The molecule has 0 atom stereocenters. The molecule has 0 saturated heterocycles. The summed E-state index contributed by atoms with van der Waals surface area (Å²) < 4.78 is 5.22. The Hall–Kier alpha value is -1.55. The minimum absolute atomic E-state index is 0.234. The van der Waals surface area contributed by atoms with Gasteiger partial charge in [-0.15, -0.1) is 0 Å². The van der Waals surface area contributed by atoms with Crippen molar-refractivity contribution in [1.82, 2.24) is 4.90 Å². The standard InChI is InChI=1S/C17H23NO3/c1-21-16-8-14(6-7-15(16)17(19)20)11-18(9-12-2-3-12)10-13-4-5-13/h6-8,12-13H,2-5,9-11H2,1H3,(H,19,20). The highest BCUT2D eigenvalue weighted by molar-refractivity contribution is 5.90. The number of hydrogen-bond donors (Lipinski definition) is 1. The Balaban J connectivity index is 1.69. The average molecular weight is 289 g/mol. The van der Waals surface area contributed by atoms with Crippen molar-refractivity contribution >= 4 is 5.97 Å². The Bertz CT molecular complexity index is 507. The first-order valence-corrected chi connectivity index (χ1v) is 7.78. The van der Waals surface area contributed by atoms with E-state index in [2.05, 4.69) is 4.90 Å². The SMILES string of the molecule is COc1cc(CN(CC2CC2)CC2CC2)ccc1C(=O)O. The molecule has 21 heavy (non-hydrogen) atoms. The zero-order chi connectivity index (χ0) is 14.8. The number of aromatic carboxylic acids is 1. The molecule has 3 rings (SSSR count). The fraction of sp³-hybridized carbons (Fsp3) is 0.588. The van der Waals surface area contributed by atoms with Crippen LogP contribution in [0.15, 0.2) is 18.2 Å². The summed E-state index contributed by atoms with van der Waals surface area (Å²) in [5, 5.41) is 9.13. The van der Waals surface area contributed by atoms with Gasteiger partial charge >= 0.3 is 5.97 Å². The van der Waals surface area contributed by atoms with E-state index in [1.54, 1.807) is 6.07 Å². The molecule has 114 valence electrons. The van der Waals surface area contributed by atoms with Crippen molar-refractivity contribution in [2.75, 3.05) is 20.2 Å². The smallest absolute Gasteiger partial charge is 0.339 e. The van der Waals surface area contributed by atoms with Crippen molar-refractivity contribution in [3.63, 3.8) is 0 Å². The summed E-state index contributed by atoms with van der Waals surface area (Å²) >= 11 is 0. The topological polar surface area (TPSA) is 49.8 Å². The van der Waals surface area contributed by atoms with Crippen LogP contribution in [0.3, 0.4) is 0 Å². The zero-order valence-corrected chi connectivity index (χ0v) is 12.5. The van der Waals surface area contributed by atoms with Crippen LogP contribution in [0, 0.1) is 11.8 Å². The van der Waals surface area contributed by atoms with Gasteiger partial charge in [0.15, 0.2) is 0 Å². The zero-order valence-electron chi connectivity index (χ0n) is 12.5. The van der Waals surface area contributed by atoms with Gasteiger partial charge in [-0.1, -0.05) is 6.07 Å². The van der Waals surface area contributed by atoms with Gasteiger partial charge in [-0.05, 0) is 55.2 Å². The maximum absolute atomic E-state index is 11.1. The summed E-state index contributed by atoms with van der Waals surface area (Å²) in [7, 11) is 1.53. The van der Waals surface area contributed by atoms with Crippen LogP contribution in [0.25, 0.3) is 0 Å². The molecule has 1 aromatic rings. The van der Waals surface area contributed by atoms with E-state index in [0.717, 1.165) is 23.9 Å². The van der Waals surface area contributed by atoms with Crippen LogP contribution < -0.4 is 4.74 Å². The third-order valence-electron chi connectivity index (χ3n) is 4.33. The average Bonchev–Trinajstić information content (AvgIpc) is 3.34. The first-order chi connectivity index (χ1) is 10.2. The maximum atomic E-state index is 11.1. The number of benzene rings is 1. The number of hydrogen-bond acceptors (Lipinski definition) is 3. The van der Waals surface area contributed by atoms with Gasteiger partial charge in [-0.3, -0.25) is 4.90 Å². The molecular formula is C17H23NO3. The van der Waals surface area contributed by atoms with Crippen LogP contribution in [0.4, 0.5) is 0 Å². The van der Waals surface area contributed by atoms with Gasteiger partial charge < -0.3 is 9.84 Å². The van der Waals surface area contributed by atoms with Gasteiger partial charge in [0.05, 0.1) is 7.11 Å². The number of carboxylic acids is 1. The second kappa shape index (κ2) is 6.06. The van der Waals surface area contributed by atoms with Crippen molar-refractivity contribution < 1.29 is 14.6 Å². The molecule has 0 unspecified atom stereocenters. The first-order valence-electron chi connectivity index (χ1n) is 7.78. The number of carbonyl (C=O) groups is 1. The Labute approximate surface area is 125 Å². The normalized spacial score (nSPS) is 18.0. The van der Waals surface area contributed by atoms with E-state index < -0.39 is 5.97 Å².